The minimum atomic E-state index is 0.269. The Morgan fingerprint density at radius 1 is 1.29 bits per heavy atom. The Morgan fingerprint density at radius 2 is 2.08 bits per heavy atom. The summed E-state index contributed by atoms with van der Waals surface area (Å²) in [6.45, 7) is 8.80. The summed E-state index contributed by atoms with van der Waals surface area (Å²) in [4.78, 5) is 6.81. The molecule has 2 aliphatic heterocycles. The molecule has 1 aromatic carbocycles. The molecule has 0 spiro atoms. The fraction of sp³-hybridized carbons (Fsp3) is 0.611. The molecule has 6 heteroatoms. The zero-order valence-corrected chi connectivity index (χ0v) is 15.6. The summed E-state index contributed by atoms with van der Waals surface area (Å²) in [6, 6.07) is 6.15. The molecule has 0 unspecified atom stereocenters. The summed E-state index contributed by atoms with van der Waals surface area (Å²) in [5.41, 5.74) is 1.17. The third-order valence-corrected chi connectivity index (χ3v) is 5.50. The number of fused-ring (bicyclic) bond motifs is 1. The van der Waals surface area contributed by atoms with Gasteiger partial charge >= 0.3 is 0 Å². The van der Waals surface area contributed by atoms with Crippen LogP contribution in [0.1, 0.15) is 25.8 Å². The maximum absolute atomic E-state index is 5.77. The van der Waals surface area contributed by atoms with E-state index in [0.29, 0.717) is 6.61 Å². The van der Waals surface area contributed by atoms with Crippen LogP contribution in [0, 0.1) is 0 Å². The maximum Gasteiger partial charge on any atom is 0.193 e. The van der Waals surface area contributed by atoms with Gasteiger partial charge in [0, 0.05) is 43.6 Å². The van der Waals surface area contributed by atoms with Gasteiger partial charge in [0.2, 0.25) is 0 Å². The van der Waals surface area contributed by atoms with Gasteiger partial charge < -0.3 is 19.7 Å². The molecule has 5 nitrogen and oxygen atoms in total. The first-order valence-corrected chi connectivity index (χ1v) is 9.54. The molecule has 0 aliphatic carbocycles. The van der Waals surface area contributed by atoms with E-state index in [0.717, 1.165) is 55.9 Å². The molecular formula is C18H27N3O2S. The van der Waals surface area contributed by atoms with Crippen molar-refractivity contribution in [2.24, 2.45) is 4.99 Å². The van der Waals surface area contributed by atoms with Crippen molar-refractivity contribution in [3.05, 3.63) is 23.8 Å². The number of thioether (sulfide) groups is 1. The van der Waals surface area contributed by atoms with Crippen LogP contribution in [0.25, 0.3) is 0 Å². The standard InChI is InChI=1S/C18H27N3O2S/c1-18(2)13-21(7-10-24-18)17(19-3)20-12-14-5-6-15-16(11-14)23-9-4-8-22-15/h5-6,11H,4,7-10,12-13H2,1-3H3,(H,19,20). The van der Waals surface area contributed by atoms with Gasteiger partial charge in [-0.1, -0.05) is 6.07 Å². The van der Waals surface area contributed by atoms with Gasteiger partial charge in [0.05, 0.1) is 13.2 Å². The normalized spacial score (nSPS) is 20.5. The van der Waals surface area contributed by atoms with E-state index in [1.165, 1.54) is 5.56 Å². The predicted molar refractivity (Wildman–Crippen MR) is 100 cm³/mol. The minimum absolute atomic E-state index is 0.269. The van der Waals surface area contributed by atoms with Gasteiger partial charge in [-0.25, -0.2) is 0 Å². The first kappa shape index (κ1) is 17.3. The van der Waals surface area contributed by atoms with Crippen molar-refractivity contribution >= 4 is 17.7 Å². The summed E-state index contributed by atoms with van der Waals surface area (Å²) in [7, 11) is 1.85. The summed E-state index contributed by atoms with van der Waals surface area (Å²) < 4.78 is 11.7. The van der Waals surface area contributed by atoms with Crippen LogP contribution < -0.4 is 14.8 Å². The summed E-state index contributed by atoms with van der Waals surface area (Å²) in [6.07, 6.45) is 0.928. The van der Waals surface area contributed by atoms with Crippen LogP contribution in [0.5, 0.6) is 11.5 Å². The van der Waals surface area contributed by atoms with Gasteiger partial charge in [0.15, 0.2) is 17.5 Å². The van der Waals surface area contributed by atoms with E-state index in [1.54, 1.807) is 0 Å². The lowest BCUT2D eigenvalue weighted by Gasteiger charge is -2.39. The zero-order chi connectivity index (χ0) is 17.0. The Hall–Kier alpha value is -1.56. The number of nitrogens with one attached hydrogen (secondary N) is 1. The number of benzene rings is 1. The van der Waals surface area contributed by atoms with Gasteiger partial charge in [-0.2, -0.15) is 11.8 Å². The highest BCUT2D eigenvalue weighted by molar-refractivity contribution is 8.00. The van der Waals surface area contributed by atoms with E-state index in [4.69, 9.17) is 9.47 Å². The van der Waals surface area contributed by atoms with Gasteiger partial charge in [0.25, 0.3) is 0 Å². The highest BCUT2D eigenvalue weighted by atomic mass is 32.2. The summed E-state index contributed by atoms with van der Waals surface area (Å²) in [5, 5.41) is 3.49. The van der Waals surface area contributed by atoms with Crippen molar-refractivity contribution in [2.45, 2.75) is 31.6 Å². The third-order valence-electron chi connectivity index (χ3n) is 4.20. The second-order valence-corrected chi connectivity index (χ2v) is 8.56. The van der Waals surface area contributed by atoms with E-state index in [2.05, 4.69) is 41.2 Å². The fourth-order valence-corrected chi connectivity index (χ4v) is 4.14. The largest absolute Gasteiger partial charge is 0.490 e. The van der Waals surface area contributed by atoms with Crippen LogP contribution in [0.3, 0.4) is 0 Å². The Bertz CT molecular complexity index is 604. The molecule has 1 saturated heterocycles. The third kappa shape index (κ3) is 4.29. The van der Waals surface area contributed by atoms with Crippen molar-refractivity contribution < 1.29 is 9.47 Å². The minimum Gasteiger partial charge on any atom is -0.490 e. The first-order chi connectivity index (χ1) is 11.6. The number of hydrogen-bond donors (Lipinski definition) is 1. The molecule has 2 heterocycles. The van der Waals surface area contributed by atoms with Crippen LogP contribution in [0.2, 0.25) is 0 Å². The molecule has 132 valence electrons. The Kier molecular flexibility index (Phi) is 5.43. The predicted octanol–water partition coefficient (Wildman–Crippen LogP) is 2.75. The molecule has 0 saturated carbocycles. The van der Waals surface area contributed by atoms with Crippen LogP contribution in [0.4, 0.5) is 0 Å². The average molecular weight is 350 g/mol. The lowest BCUT2D eigenvalue weighted by Crippen LogP contribution is -2.50. The molecular weight excluding hydrogens is 322 g/mol. The maximum atomic E-state index is 5.77. The molecule has 0 amide bonds. The van der Waals surface area contributed by atoms with E-state index >= 15 is 0 Å². The average Bonchev–Trinajstić information content (AvgIpc) is 2.79. The quantitative estimate of drug-likeness (QED) is 0.657. The van der Waals surface area contributed by atoms with Crippen LogP contribution in [-0.2, 0) is 6.54 Å². The summed E-state index contributed by atoms with van der Waals surface area (Å²) >= 11 is 2.03. The second kappa shape index (κ2) is 7.55. The second-order valence-electron chi connectivity index (χ2n) is 6.76. The van der Waals surface area contributed by atoms with Gasteiger partial charge in [-0.3, -0.25) is 4.99 Å². The first-order valence-electron chi connectivity index (χ1n) is 8.55. The Labute approximate surface area is 148 Å². The number of ether oxygens (including phenoxy) is 2. The zero-order valence-electron chi connectivity index (χ0n) is 14.8. The van der Waals surface area contributed by atoms with Crippen molar-refractivity contribution in [1.82, 2.24) is 10.2 Å². The Morgan fingerprint density at radius 3 is 2.83 bits per heavy atom. The summed E-state index contributed by atoms with van der Waals surface area (Å²) in [5.74, 6) is 3.79. The van der Waals surface area contributed by atoms with Gasteiger partial charge in [0.1, 0.15) is 0 Å². The fourth-order valence-electron chi connectivity index (χ4n) is 3.03. The molecule has 24 heavy (non-hydrogen) atoms. The van der Waals surface area contributed by atoms with Gasteiger partial charge in [-0.15, -0.1) is 0 Å². The number of nitrogens with zero attached hydrogens (tertiary/aromatic N) is 2. The van der Waals surface area contributed by atoms with Crippen molar-refractivity contribution in [1.29, 1.82) is 0 Å². The van der Waals surface area contributed by atoms with Crippen molar-refractivity contribution in [2.75, 3.05) is 39.1 Å². The van der Waals surface area contributed by atoms with Crippen LogP contribution >= 0.6 is 11.8 Å². The number of hydrogen-bond acceptors (Lipinski definition) is 4. The van der Waals surface area contributed by atoms with E-state index in [9.17, 15) is 0 Å². The number of rotatable bonds is 2. The van der Waals surface area contributed by atoms with Crippen molar-refractivity contribution in [3.63, 3.8) is 0 Å². The van der Waals surface area contributed by atoms with E-state index in [-0.39, 0.29) is 4.75 Å². The van der Waals surface area contributed by atoms with Crippen molar-refractivity contribution in [3.8, 4) is 11.5 Å². The molecule has 1 fully saturated rings. The molecule has 1 N–H and O–H groups in total. The molecule has 2 aliphatic rings. The molecule has 0 radical (unpaired) electrons. The highest BCUT2D eigenvalue weighted by Crippen LogP contribution is 2.31. The SMILES string of the molecule is CN=C(NCc1ccc2c(c1)OCCCO2)N1CCSC(C)(C)C1. The molecule has 0 bridgehead atoms. The molecule has 1 aromatic rings. The smallest absolute Gasteiger partial charge is 0.193 e. The highest BCUT2D eigenvalue weighted by Gasteiger charge is 2.28. The van der Waals surface area contributed by atoms with Crippen LogP contribution in [-0.4, -0.2) is 54.7 Å². The number of guanidine groups is 1. The Balaban J connectivity index is 1.63. The number of aliphatic imine (C=N–C) groups is 1. The molecule has 0 aromatic heterocycles. The van der Waals surface area contributed by atoms with Crippen LogP contribution in [0.15, 0.2) is 23.2 Å². The monoisotopic (exact) mass is 349 g/mol. The van der Waals surface area contributed by atoms with E-state index in [1.807, 2.05) is 24.9 Å². The topological polar surface area (TPSA) is 46.1 Å². The molecule has 3 rings (SSSR count). The lowest BCUT2D eigenvalue weighted by atomic mass is 10.2. The lowest BCUT2D eigenvalue weighted by molar-refractivity contribution is 0.297. The molecule has 0 atom stereocenters. The van der Waals surface area contributed by atoms with Gasteiger partial charge in [-0.05, 0) is 31.5 Å². The van der Waals surface area contributed by atoms with E-state index < -0.39 is 0 Å².